The topological polar surface area (TPSA) is 44.4 Å². The Labute approximate surface area is 103 Å². The molecule has 1 amide bonds. The van der Waals surface area contributed by atoms with Crippen molar-refractivity contribution in [1.82, 2.24) is 15.5 Å². The Morgan fingerprint density at radius 3 is 3.06 bits per heavy atom. The van der Waals surface area contributed by atoms with Crippen LogP contribution in [0.25, 0.3) is 0 Å². The second-order valence-corrected chi connectivity index (χ2v) is 5.35. The third-order valence-electron chi connectivity index (χ3n) is 2.77. The molecule has 4 nitrogen and oxygen atoms in total. The summed E-state index contributed by atoms with van der Waals surface area (Å²) in [4.78, 5) is 13.7. The van der Waals surface area contributed by atoms with Crippen molar-refractivity contribution in [2.24, 2.45) is 0 Å². The number of nitrogens with zero attached hydrogens (tertiary/aromatic N) is 1. The molecule has 0 radical (unpaired) electrons. The highest BCUT2D eigenvalue weighted by atomic mass is 32.2. The maximum Gasteiger partial charge on any atom is 0.223 e. The summed E-state index contributed by atoms with van der Waals surface area (Å²) in [6.45, 7) is 2.85. The Balaban J connectivity index is 2.16. The average Bonchev–Trinajstić information content (AvgIpc) is 2.30. The van der Waals surface area contributed by atoms with Crippen LogP contribution < -0.4 is 10.6 Å². The molecule has 1 heterocycles. The predicted octanol–water partition coefficient (Wildman–Crippen LogP) is 0.149. The van der Waals surface area contributed by atoms with Crippen molar-refractivity contribution in [2.75, 3.05) is 45.2 Å². The van der Waals surface area contributed by atoms with Gasteiger partial charge >= 0.3 is 0 Å². The molecule has 94 valence electrons. The van der Waals surface area contributed by atoms with Gasteiger partial charge in [0.05, 0.1) is 0 Å². The first-order valence-electron chi connectivity index (χ1n) is 5.93. The SMILES string of the molecule is CNCCCN(C)C(=O)CC1CSCCN1. The number of hydrogen-bond donors (Lipinski definition) is 2. The van der Waals surface area contributed by atoms with Gasteiger partial charge in [0, 0.05) is 44.1 Å². The highest BCUT2D eigenvalue weighted by Crippen LogP contribution is 2.11. The molecule has 0 aromatic carbocycles. The fraction of sp³-hybridized carbons (Fsp3) is 0.909. The van der Waals surface area contributed by atoms with Crippen molar-refractivity contribution in [2.45, 2.75) is 18.9 Å². The Kier molecular flexibility index (Phi) is 6.84. The Morgan fingerprint density at radius 1 is 1.62 bits per heavy atom. The molecular formula is C11H23N3OS. The number of rotatable bonds is 6. The fourth-order valence-electron chi connectivity index (χ4n) is 1.74. The minimum atomic E-state index is 0.260. The summed E-state index contributed by atoms with van der Waals surface area (Å²) in [5.74, 6) is 2.50. The number of nitrogens with one attached hydrogen (secondary N) is 2. The average molecular weight is 245 g/mol. The Morgan fingerprint density at radius 2 is 2.44 bits per heavy atom. The van der Waals surface area contributed by atoms with Crippen molar-refractivity contribution in [3.05, 3.63) is 0 Å². The minimum Gasteiger partial charge on any atom is -0.346 e. The van der Waals surface area contributed by atoms with Crippen LogP contribution in [0.2, 0.25) is 0 Å². The van der Waals surface area contributed by atoms with Gasteiger partial charge in [-0.05, 0) is 20.0 Å². The van der Waals surface area contributed by atoms with Gasteiger partial charge in [0.2, 0.25) is 5.91 Å². The van der Waals surface area contributed by atoms with E-state index in [1.807, 2.05) is 30.8 Å². The zero-order chi connectivity index (χ0) is 11.8. The van der Waals surface area contributed by atoms with Crippen LogP contribution in [0.1, 0.15) is 12.8 Å². The molecule has 1 aliphatic heterocycles. The van der Waals surface area contributed by atoms with Crippen LogP contribution in [0.4, 0.5) is 0 Å². The quantitative estimate of drug-likeness (QED) is 0.654. The molecule has 1 rings (SSSR count). The van der Waals surface area contributed by atoms with Crippen LogP contribution in [0.15, 0.2) is 0 Å². The maximum atomic E-state index is 11.9. The summed E-state index contributed by atoms with van der Waals surface area (Å²) in [7, 11) is 3.83. The molecule has 1 unspecified atom stereocenters. The molecule has 16 heavy (non-hydrogen) atoms. The van der Waals surface area contributed by atoms with Crippen LogP contribution in [-0.4, -0.2) is 62.1 Å². The van der Waals surface area contributed by atoms with Crippen LogP contribution in [0.3, 0.4) is 0 Å². The van der Waals surface area contributed by atoms with Crippen LogP contribution in [-0.2, 0) is 4.79 Å². The third-order valence-corrected chi connectivity index (χ3v) is 3.90. The molecule has 0 saturated carbocycles. The fourth-order valence-corrected chi connectivity index (χ4v) is 2.68. The van der Waals surface area contributed by atoms with E-state index in [1.165, 1.54) is 5.75 Å². The van der Waals surface area contributed by atoms with Gasteiger partial charge in [-0.2, -0.15) is 11.8 Å². The highest BCUT2D eigenvalue weighted by Gasteiger charge is 2.18. The summed E-state index contributed by atoms with van der Waals surface area (Å²) in [5.41, 5.74) is 0. The number of amides is 1. The molecule has 0 bridgehead atoms. The smallest absolute Gasteiger partial charge is 0.223 e. The third kappa shape index (κ3) is 5.18. The molecule has 0 spiro atoms. The molecule has 0 aromatic heterocycles. The highest BCUT2D eigenvalue weighted by molar-refractivity contribution is 7.99. The summed E-state index contributed by atoms with van der Waals surface area (Å²) in [6.07, 6.45) is 1.66. The van der Waals surface area contributed by atoms with E-state index in [1.54, 1.807) is 0 Å². The summed E-state index contributed by atoms with van der Waals surface area (Å²) >= 11 is 1.93. The van der Waals surface area contributed by atoms with Crippen molar-refractivity contribution in [3.63, 3.8) is 0 Å². The largest absolute Gasteiger partial charge is 0.346 e. The van der Waals surface area contributed by atoms with Crippen molar-refractivity contribution in [1.29, 1.82) is 0 Å². The van der Waals surface area contributed by atoms with E-state index in [0.29, 0.717) is 12.5 Å². The minimum absolute atomic E-state index is 0.260. The van der Waals surface area contributed by atoms with Crippen LogP contribution in [0.5, 0.6) is 0 Å². The predicted molar refractivity (Wildman–Crippen MR) is 69.9 cm³/mol. The Hall–Kier alpha value is -0.260. The molecule has 1 saturated heterocycles. The van der Waals surface area contributed by atoms with Gasteiger partial charge in [-0.1, -0.05) is 0 Å². The van der Waals surface area contributed by atoms with E-state index in [-0.39, 0.29) is 5.91 Å². The normalized spacial score (nSPS) is 20.8. The van der Waals surface area contributed by atoms with Crippen LogP contribution in [0, 0.1) is 0 Å². The van der Waals surface area contributed by atoms with E-state index in [4.69, 9.17) is 0 Å². The lowest BCUT2D eigenvalue weighted by Gasteiger charge is -2.25. The second-order valence-electron chi connectivity index (χ2n) is 4.20. The zero-order valence-corrected chi connectivity index (χ0v) is 11.1. The lowest BCUT2D eigenvalue weighted by atomic mass is 10.2. The molecule has 2 N–H and O–H groups in total. The molecule has 1 aliphatic rings. The van der Waals surface area contributed by atoms with Gasteiger partial charge in [-0.15, -0.1) is 0 Å². The lowest BCUT2D eigenvalue weighted by molar-refractivity contribution is -0.130. The first-order chi connectivity index (χ1) is 7.74. The van der Waals surface area contributed by atoms with Gasteiger partial charge in [0.1, 0.15) is 0 Å². The molecule has 1 fully saturated rings. The number of carbonyl (C=O) groups is 1. The van der Waals surface area contributed by atoms with Crippen molar-refractivity contribution in [3.8, 4) is 0 Å². The van der Waals surface area contributed by atoms with E-state index in [2.05, 4.69) is 10.6 Å². The van der Waals surface area contributed by atoms with Gasteiger partial charge in [-0.3, -0.25) is 4.79 Å². The maximum absolute atomic E-state index is 11.9. The molecular weight excluding hydrogens is 222 g/mol. The lowest BCUT2D eigenvalue weighted by Crippen LogP contribution is -2.42. The Bertz CT molecular complexity index is 207. The standard InChI is InChI=1S/C11H23N3OS/c1-12-4-3-6-14(2)11(15)8-10-9-16-7-5-13-10/h10,12-13H,3-9H2,1-2H3. The number of carbonyl (C=O) groups excluding carboxylic acids is 1. The number of thioether (sulfide) groups is 1. The molecule has 1 atom stereocenters. The van der Waals surface area contributed by atoms with Gasteiger partial charge in [0.15, 0.2) is 0 Å². The number of hydrogen-bond acceptors (Lipinski definition) is 4. The van der Waals surface area contributed by atoms with E-state index in [0.717, 1.165) is 31.8 Å². The molecule has 0 aromatic rings. The summed E-state index contributed by atoms with van der Waals surface area (Å²) in [5, 5.41) is 6.48. The first-order valence-corrected chi connectivity index (χ1v) is 7.09. The van der Waals surface area contributed by atoms with Crippen LogP contribution >= 0.6 is 11.8 Å². The first kappa shape index (κ1) is 13.8. The van der Waals surface area contributed by atoms with Crippen molar-refractivity contribution >= 4 is 17.7 Å². The van der Waals surface area contributed by atoms with Gasteiger partial charge in [-0.25, -0.2) is 0 Å². The van der Waals surface area contributed by atoms with Crippen molar-refractivity contribution < 1.29 is 4.79 Å². The van der Waals surface area contributed by atoms with E-state index in [9.17, 15) is 4.79 Å². The summed E-state index contributed by atoms with van der Waals surface area (Å²) in [6, 6.07) is 0.373. The van der Waals surface area contributed by atoms with Gasteiger partial charge < -0.3 is 15.5 Å². The second kappa shape index (κ2) is 7.92. The zero-order valence-electron chi connectivity index (χ0n) is 10.3. The van der Waals surface area contributed by atoms with E-state index >= 15 is 0 Å². The monoisotopic (exact) mass is 245 g/mol. The molecule has 5 heteroatoms. The van der Waals surface area contributed by atoms with E-state index < -0.39 is 0 Å². The molecule has 0 aliphatic carbocycles. The van der Waals surface area contributed by atoms with Gasteiger partial charge in [0.25, 0.3) is 0 Å². The summed E-state index contributed by atoms with van der Waals surface area (Å²) < 4.78 is 0.